The Balaban J connectivity index is 1.85. The first kappa shape index (κ1) is 18.8. The summed E-state index contributed by atoms with van der Waals surface area (Å²) in [7, 11) is 0. The molecule has 0 heterocycles. The van der Waals surface area contributed by atoms with Crippen molar-refractivity contribution in [2.24, 2.45) is 0 Å². The maximum Gasteiger partial charge on any atom is 0.252 e. The van der Waals surface area contributed by atoms with Crippen LogP contribution in [0.15, 0.2) is 72.8 Å². The van der Waals surface area contributed by atoms with Crippen LogP contribution in [-0.2, 0) is 5.54 Å². The fraction of sp³-hybridized carbons (Fsp3) is 0.160. The zero-order chi connectivity index (χ0) is 20.6. The molecule has 0 aromatic heterocycles. The molecule has 29 heavy (non-hydrogen) atoms. The average Bonchev–Trinajstić information content (AvgIpc) is 2.97. The van der Waals surface area contributed by atoms with Gasteiger partial charge in [0.15, 0.2) is 5.54 Å². The average molecular weight is 382 g/mol. The van der Waals surface area contributed by atoms with Crippen LogP contribution >= 0.6 is 0 Å². The van der Waals surface area contributed by atoms with Crippen LogP contribution in [0.5, 0.6) is 0 Å². The Morgan fingerprint density at radius 2 is 1.45 bits per heavy atom. The third kappa shape index (κ3) is 2.97. The Morgan fingerprint density at radius 1 is 0.862 bits per heavy atom. The van der Waals surface area contributed by atoms with Crippen molar-refractivity contribution < 1.29 is 14.4 Å². The van der Waals surface area contributed by atoms with Crippen molar-refractivity contribution in [2.75, 3.05) is 0 Å². The highest BCUT2D eigenvalue weighted by Crippen LogP contribution is 2.38. The van der Waals surface area contributed by atoms with E-state index in [1.807, 2.05) is 6.07 Å². The van der Waals surface area contributed by atoms with Crippen LogP contribution < -0.4 is 5.32 Å². The molecule has 0 bridgehead atoms. The standard InChI is InChI=1S/C25H20NO3/c1-16(2)17-12-14-19(15-13-17)25(26-24(29)18-8-4-3-5-9-18)22(27)20-10-6-7-11-21(20)23(25)28/h3-14,16H,1-2H3,(H,26,29). The second kappa shape index (κ2) is 7.13. The Labute approximate surface area is 169 Å². The van der Waals surface area contributed by atoms with Gasteiger partial charge in [0.1, 0.15) is 0 Å². The third-order valence-electron chi connectivity index (χ3n) is 5.34. The second-order valence-electron chi connectivity index (χ2n) is 7.46. The van der Waals surface area contributed by atoms with Crippen LogP contribution in [-0.4, -0.2) is 17.5 Å². The second-order valence-corrected chi connectivity index (χ2v) is 7.46. The maximum absolute atomic E-state index is 13.5. The zero-order valence-electron chi connectivity index (χ0n) is 16.2. The van der Waals surface area contributed by atoms with E-state index in [4.69, 9.17) is 0 Å². The molecule has 1 aliphatic carbocycles. The van der Waals surface area contributed by atoms with Gasteiger partial charge in [-0.1, -0.05) is 74.5 Å². The quantitative estimate of drug-likeness (QED) is 0.684. The van der Waals surface area contributed by atoms with E-state index in [-0.39, 0.29) is 5.92 Å². The van der Waals surface area contributed by atoms with E-state index in [9.17, 15) is 14.4 Å². The summed E-state index contributed by atoms with van der Waals surface area (Å²) in [5.74, 6) is -1.07. The maximum atomic E-state index is 13.5. The molecule has 4 rings (SSSR count). The third-order valence-corrected chi connectivity index (χ3v) is 5.34. The van der Waals surface area contributed by atoms with E-state index in [0.29, 0.717) is 22.3 Å². The lowest BCUT2D eigenvalue weighted by Crippen LogP contribution is -2.54. The predicted octanol–water partition coefficient (Wildman–Crippen LogP) is 4.31. The Morgan fingerprint density at radius 3 is 1.97 bits per heavy atom. The van der Waals surface area contributed by atoms with Gasteiger partial charge in [-0.2, -0.15) is 0 Å². The summed E-state index contributed by atoms with van der Waals surface area (Å²) in [4.78, 5) is 39.9. The summed E-state index contributed by atoms with van der Waals surface area (Å²) in [6.07, 6.45) is 0. The first-order valence-corrected chi connectivity index (χ1v) is 9.53. The van der Waals surface area contributed by atoms with E-state index < -0.39 is 23.0 Å². The van der Waals surface area contributed by atoms with Gasteiger partial charge in [0.2, 0.25) is 11.6 Å². The lowest BCUT2D eigenvalue weighted by Gasteiger charge is -2.28. The van der Waals surface area contributed by atoms with Crippen molar-refractivity contribution in [2.45, 2.75) is 25.3 Å². The molecule has 0 saturated carbocycles. The van der Waals surface area contributed by atoms with Crippen LogP contribution in [0.3, 0.4) is 0 Å². The van der Waals surface area contributed by atoms with E-state index in [1.165, 1.54) is 0 Å². The zero-order valence-corrected chi connectivity index (χ0v) is 16.2. The van der Waals surface area contributed by atoms with Gasteiger partial charge in [-0.25, -0.2) is 0 Å². The molecule has 0 aliphatic heterocycles. The monoisotopic (exact) mass is 382 g/mol. The van der Waals surface area contributed by atoms with Crippen LogP contribution in [0.25, 0.3) is 0 Å². The molecule has 3 aromatic carbocycles. The summed E-state index contributed by atoms with van der Waals surface area (Å²) in [6, 6.07) is 23.7. The predicted molar refractivity (Wildman–Crippen MR) is 110 cm³/mol. The number of benzene rings is 3. The topological polar surface area (TPSA) is 63.2 Å². The number of carbonyl (C=O) groups is 3. The van der Waals surface area contributed by atoms with Crippen LogP contribution in [0.4, 0.5) is 0 Å². The molecule has 0 fully saturated rings. The smallest absolute Gasteiger partial charge is 0.252 e. The number of ketones is 2. The number of nitrogens with one attached hydrogen (secondary N) is 1. The Bertz CT molecular complexity index is 1060. The highest BCUT2D eigenvalue weighted by Gasteiger charge is 2.55. The number of rotatable bonds is 4. The normalized spacial score (nSPS) is 14.7. The minimum Gasteiger partial charge on any atom is -0.329 e. The first-order valence-electron chi connectivity index (χ1n) is 9.53. The van der Waals surface area contributed by atoms with Gasteiger partial charge < -0.3 is 5.32 Å². The van der Waals surface area contributed by atoms with Gasteiger partial charge in [0.05, 0.1) is 0 Å². The molecule has 1 radical (unpaired) electrons. The molecule has 0 atom stereocenters. The molecule has 0 unspecified atom stereocenters. The molecule has 1 N–H and O–H groups in total. The fourth-order valence-electron chi connectivity index (χ4n) is 3.67. The summed E-state index contributed by atoms with van der Waals surface area (Å²) in [6.45, 7) is 4.11. The molecular weight excluding hydrogens is 362 g/mol. The minimum atomic E-state index is -1.81. The van der Waals surface area contributed by atoms with E-state index in [2.05, 4.69) is 25.2 Å². The number of Topliss-reactive ketones (excluding diaryl/α,β-unsaturated/α-hetero) is 2. The molecule has 4 heteroatoms. The van der Waals surface area contributed by atoms with Crippen molar-refractivity contribution in [1.82, 2.24) is 5.32 Å². The summed E-state index contributed by atoms with van der Waals surface area (Å²) < 4.78 is 0. The van der Waals surface area contributed by atoms with Gasteiger partial charge in [0.25, 0.3) is 5.91 Å². The highest BCUT2D eigenvalue weighted by molar-refractivity contribution is 6.34. The first-order chi connectivity index (χ1) is 13.9. The number of hydrogen-bond donors (Lipinski definition) is 1. The van der Waals surface area contributed by atoms with Crippen LogP contribution in [0.1, 0.15) is 62.0 Å². The van der Waals surface area contributed by atoms with Crippen LogP contribution in [0.2, 0.25) is 0 Å². The largest absolute Gasteiger partial charge is 0.329 e. The lowest BCUT2D eigenvalue weighted by atomic mass is 9.83. The SMILES string of the molecule is CC(C)c1c[c]c(C2(NC(=O)c3ccccc3)C(=O)c3ccccc3C2=O)cc1. The summed E-state index contributed by atoms with van der Waals surface area (Å²) in [5, 5.41) is 2.75. The fourth-order valence-corrected chi connectivity index (χ4v) is 3.67. The van der Waals surface area contributed by atoms with Gasteiger partial charge in [-0.15, -0.1) is 0 Å². The van der Waals surface area contributed by atoms with E-state index >= 15 is 0 Å². The van der Waals surface area contributed by atoms with Crippen molar-refractivity contribution in [3.63, 3.8) is 0 Å². The van der Waals surface area contributed by atoms with Gasteiger partial charge in [-0.05, 0) is 29.7 Å². The molecular formula is C25H20NO3. The number of carbonyl (C=O) groups excluding carboxylic acids is 3. The van der Waals surface area contributed by atoms with Crippen LogP contribution in [0, 0.1) is 6.07 Å². The van der Waals surface area contributed by atoms with Gasteiger partial charge >= 0.3 is 0 Å². The summed E-state index contributed by atoms with van der Waals surface area (Å²) >= 11 is 0. The van der Waals surface area contributed by atoms with Gasteiger partial charge in [0, 0.05) is 22.3 Å². The Hall–Kier alpha value is -3.53. The molecule has 143 valence electrons. The van der Waals surface area contributed by atoms with Crippen molar-refractivity contribution in [1.29, 1.82) is 0 Å². The molecule has 1 amide bonds. The molecule has 0 spiro atoms. The summed E-state index contributed by atoms with van der Waals surface area (Å²) in [5.41, 5.74) is 0.569. The molecule has 4 nitrogen and oxygen atoms in total. The lowest BCUT2D eigenvalue weighted by molar-refractivity contribution is 0.0694. The Kier molecular flexibility index (Phi) is 4.63. The van der Waals surface area contributed by atoms with Gasteiger partial charge in [-0.3, -0.25) is 14.4 Å². The van der Waals surface area contributed by atoms with E-state index in [1.54, 1.807) is 66.7 Å². The number of amides is 1. The number of fused-ring (bicyclic) bond motifs is 1. The van der Waals surface area contributed by atoms with Crippen molar-refractivity contribution in [3.8, 4) is 0 Å². The molecule has 1 aliphatic rings. The van der Waals surface area contributed by atoms with Crippen molar-refractivity contribution >= 4 is 17.5 Å². The number of hydrogen-bond acceptors (Lipinski definition) is 3. The molecule has 0 saturated heterocycles. The minimum absolute atomic E-state index is 0.280. The van der Waals surface area contributed by atoms with Crippen molar-refractivity contribution in [3.05, 3.63) is 107 Å². The molecule has 3 aromatic rings. The van der Waals surface area contributed by atoms with E-state index in [0.717, 1.165) is 5.56 Å². The highest BCUT2D eigenvalue weighted by atomic mass is 16.2.